The van der Waals surface area contributed by atoms with Crippen molar-refractivity contribution in [1.29, 1.82) is 0 Å². The van der Waals surface area contributed by atoms with E-state index in [4.69, 9.17) is 17.3 Å². The summed E-state index contributed by atoms with van der Waals surface area (Å²) in [5.74, 6) is 0.482. The second kappa shape index (κ2) is 6.19. The van der Waals surface area contributed by atoms with Gasteiger partial charge in [0.05, 0.1) is 4.34 Å². The first-order valence-electron chi connectivity index (χ1n) is 6.41. The molecule has 2 unspecified atom stereocenters. The lowest BCUT2D eigenvalue weighted by Gasteiger charge is -2.37. The van der Waals surface area contributed by atoms with Crippen LogP contribution >= 0.6 is 22.9 Å². The fourth-order valence-electron chi connectivity index (χ4n) is 2.68. The summed E-state index contributed by atoms with van der Waals surface area (Å²) in [6, 6.07) is 4.59. The van der Waals surface area contributed by atoms with Crippen molar-refractivity contribution in [3.63, 3.8) is 0 Å². The number of thiophene rings is 1. The number of nitrogens with two attached hydrogens (primary N) is 1. The van der Waals surface area contributed by atoms with Crippen LogP contribution in [-0.4, -0.2) is 30.6 Å². The third kappa shape index (κ3) is 3.22. The highest BCUT2D eigenvalue weighted by molar-refractivity contribution is 7.16. The Kier molecular flexibility index (Phi) is 4.86. The number of halogens is 1. The third-order valence-electron chi connectivity index (χ3n) is 3.72. The molecule has 2 atom stereocenters. The van der Waals surface area contributed by atoms with Crippen molar-refractivity contribution in [3.05, 3.63) is 21.3 Å². The van der Waals surface area contributed by atoms with Crippen LogP contribution in [0.4, 0.5) is 0 Å². The van der Waals surface area contributed by atoms with Gasteiger partial charge in [0.15, 0.2) is 0 Å². The lowest BCUT2D eigenvalue weighted by atomic mass is 9.96. The van der Waals surface area contributed by atoms with Gasteiger partial charge in [-0.05, 0) is 38.1 Å². The zero-order valence-electron chi connectivity index (χ0n) is 10.4. The van der Waals surface area contributed by atoms with Crippen molar-refractivity contribution in [3.8, 4) is 0 Å². The summed E-state index contributed by atoms with van der Waals surface area (Å²) in [7, 11) is 0. The Bertz CT molecular complexity index is 347. The molecule has 96 valence electrons. The molecule has 1 aromatic heterocycles. The van der Waals surface area contributed by atoms with E-state index >= 15 is 0 Å². The highest BCUT2D eigenvalue weighted by Gasteiger charge is 2.26. The summed E-state index contributed by atoms with van der Waals surface area (Å²) in [6.07, 6.45) is 4.00. The monoisotopic (exact) mass is 272 g/mol. The SMILES string of the molecule is CC(c1ccc(Cl)s1)C(CN)N1CCCCC1. The molecule has 2 rings (SSSR count). The minimum absolute atomic E-state index is 0.463. The van der Waals surface area contributed by atoms with E-state index in [1.807, 2.05) is 6.07 Å². The predicted molar refractivity (Wildman–Crippen MR) is 76.0 cm³/mol. The zero-order chi connectivity index (χ0) is 12.3. The molecule has 17 heavy (non-hydrogen) atoms. The van der Waals surface area contributed by atoms with E-state index in [0.717, 1.165) is 10.9 Å². The molecule has 0 bridgehead atoms. The van der Waals surface area contributed by atoms with Crippen molar-refractivity contribution in [1.82, 2.24) is 4.90 Å². The first-order valence-corrected chi connectivity index (χ1v) is 7.61. The van der Waals surface area contributed by atoms with Crippen molar-refractivity contribution < 1.29 is 0 Å². The Morgan fingerprint density at radius 2 is 2.06 bits per heavy atom. The second-order valence-corrected chi connectivity index (χ2v) is 6.58. The van der Waals surface area contributed by atoms with E-state index in [-0.39, 0.29) is 0 Å². The largest absolute Gasteiger partial charge is 0.329 e. The summed E-state index contributed by atoms with van der Waals surface area (Å²) < 4.78 is 0.876. The van der Waals surface area contributed by atoms with Crippen LogP contribution in [0.2, 0.25) is 4.34 Å². The lowest BCUT2D eigenvalue weighted by Crippen LogP contribution is -2.46. The van der Waals surface area contributed by atoms with Crippen LogP contribution < -0.4 is 5.73 Å². The molecule has 0 saturated carbocycles. The van der Waals surface area contributed by atoms with Gasteiger partial charge in [0, 0.05) is 23.4 Å². The summed E-state index contributed by atoms with van der Waals surface area (Å²) in [5.41, 5.74) is 5.98. The number of rotatable bonds is 4. The van der Waals surface area contributed by atoms with Gasteiger partial charge in [0.1, 0.15) is 0 Å². The molecular weight excluding hydrogens is 252 g/mol. The smallest absolute Gasteiger partial charge is 0.0931 e. The molecule has 2 heterocycles. The minimum Gasteiger partial charge on any atom is -0.329 e. The van der Waals surface area contributed by atoms with Gasteiger partial charge >= 0.3 is 0 Å². The van der Waals surface area contributed by atoms with Crippen LogP contribution in [0, 0.1) is 0 Å². The molecule has 0 spiro atoms. The molecule has 4 heteroatoms. The molecule has 1 aliphatic heterocycles. The van der Waals surface area contributed by atoms with Gasteiger partial charge in [-0.3, -0.25) is 4.90 Å². The molecule has 0 radical (unpaired) electrons. The summed E-state index contributed by atoms with van der Waals surface area (Å²) in [4.78, 5) is 3.91. The first-order chi connectivity index (χ1) is 8.22. The Morgan fingerprint density at radius 3 is 2.59 bits per heavy atom. The lowest BCUT2D eigenvalue weighted by molar-refractivity contribution is 0.150. The summed E-state index contributed by atoms with van der Waals surface area (Å²) in [6.45, 7) is 5.40. The molecule has 0 amide bonds. The van der Waals surface area contributed by atoms with Gasteiger partial charge in [-0.25, -0.2) is 0 Å². The van der Waals surface area contributed by atoms with Gasteiger partial charge in [0.25, 0.3) is 0 Å². The normalized spacial score (nSPS) is 21.4. The van der Waals surface area contributed by atoms with Crippen LogP contribution in [0.3, 0.4) is 0 Å². The predicted octanol–water partition coefficient (Wildman–Crippen LogP) is 3.32. The van der Waals surface area contributed by atoms with Crippen molar-refractivity contribution >= 4 is 22.9 Å². The van der Waals surface area contributed by atoms with E-state index < -0.39 is 0 Å². The van der Waals surface area contributed by atoms with Gasteiger partial charge in [-0.15, -0.1) is 11.3 Å². The zero-order valence-corrected chi connectivity index (χ0v) is 11.9. The molecule has 0 aliphatic carbocycles. The molecular formula is C13H21ClN2S. The van der Waals surface area contributed by atoms with Gasteiger partial charge in [-0.1, -0.05) is 24.9 Å². The maximum Gasteiger partial charge on any atom is 0.0931 e. The number of likely N-dealkylation sites (tertiary alicyclic amines) is 1. The number of hydrogen-bond donors (Lipinski definition) is 1. The van der Waals surface area contributed by atoms with Crippen molar-refractivity contribution in [2.45, 2.75) is 38.1 Å². The standard InChI is InChI=1S/C13H21ClN2S/c1-10(12-5-6-13(14)17-12)11(9-15)16-7-3-2-4-8-16/h5-6,10-11H,2-4,7-9,15H2,1H3. The van der Waals surface area contributed by atoms with Gasteiger partial charge in [-0.2, -0.15) is 0 Å². The fraction of sp³-hybridized carbons (Fsp3) is 0.692. The van der Waals surface area contributed by atoms with Gasteiger partial charge in [0.2, 0.25) is 0 Å². The maximum absolute atomic E-state index is 6.01. The molecule has 1 aromatic rings. The van der Waals surface area contributed by atoms with E-state index in [1.54, 1.807) is 11.3 Å². The number of hydrogen-bond acceptors (Lipinski definition) is 3. The molecule has 1 saturated heterocycles. The quantitative estimate of drug-likeness (QED) is 0.911. The van der Waals surface area contributed by atoms with Crippen LogP contribution in [0.1, 0.15) is 37.0 Å². The van der Waals surface area contributed by atoms with Crippen molar-refractivity contribution in [2.24, 2.45) is 5.73 Å². The Hall–Kier alpha value is -0.0900. The van der Waals surface area contributed by atoms with E-state index in [9.17, 15) is 0 Å². The fourth-order valence-corrected chi connectivity index (χ4v) is 3.85. The highest BCUT2D eigenvalue weighted by Crippen LogP contribution is 2.32. The Morgan fingerprint density at radius 1 is 1.35 bits per heavy atom. The van der Waals surface area contributed by atoms with E-state index in [2.05, 4.69) is 17.9 Å². The van der Waals surface area contributed by atoms with Crippen LogP contribution in [0.15, 0.2) is 12.1 Å². The Labute approximate surface area is 113 Å². The molecule has 1 aliphatic rings. The minimum atomic E-state index is 0.463. The number of nitrogens with zero attached hydrogens (tertiary/aromatic N) is 1. The summed E-state index contributed by atoms with van der Waals surface area (Å²) in [5, 5.41) is 0. The Balaban J connectivity index is 2.06. The van der Waals surface area contributed by atoms with Gasteiger partial charge < -0.3 is 5.73 Å². The first kappa shape index (κ1) is 13.3. The average molecular weight is 273 g/mol. The third-order valence-corrected chi connectivity index (χ3v) is 5.15. The molecule has 1 fully saturated rings. The summed E-state index contributed by atoms with van der Waals surface area (Å²) >= 11 is 7.70. The number of piperidine rings is 1. The average Bonchev–Trinajstić information content (AvgIpc) is 2.78. The van der Waals surface area contributed by atoms with Crippen LogP contribution in [0.25, 0.3) is 0 Å². The molecule has 2 N–H and O–H groups in total. The second-order valence-electron chi connectivity index (χ2n) is 4.83. The maximum atomic E-state index is 6.01. The van der Waals surface area contributed by atoms with Crippen molar-refractivity contribution in [2.75, 3.05) is 19.6 Å². The topological polar surface area (TPSA) is 29.3 Å². The van der Waals surface area contributed by atoms with Crippen LogP contribution in [-0.2, 0) is 0 Å². The molecule has 2 nitrogen and oxygen atoms in total. The van der Waals surface area contributed by atoms with Crippen LogP contribution in [0.5, 0.6) is 0 Å². The highest BCUT2D eigenvalue weighted by atomic mass is 35.5. The molecule has 0 aromatic carbocycles. The van der Waals surface area contributed by atoms with E-state index in [1.165, 1.54) is 37.2 Å². The van der Waals surface area contributed by atoms with E-state index in [0.29, 0.717) is 12.0 Å².